The Morgan fingerprint density at radius 1 is 1.16 bits per heavy atom. The summed E-state index contributed by atoms with van der Waals surface area (Å²) < 4.78 is 0. The number of piperidine rings is 1. The predicted molar refractivity (Wildman–Crippen MR) is 97.5 cm³/mol. The number of benzene rings is 1. The summed E-state index contributed by atoms with van der Waals surface area (Å²) in [6, 6.07) is 7.80. The average molecular weight is 344 g/mol. The number of ketones is 1. The van der Waals surface area contributed by atoms with Crippen LogP contribution in [0.1, 0.15) is 56.5 Å². The molecule has 25 heavy (non-hydrogen) atoms. The van der Waals surface area contributed by atoms with E-state index in [0.29, 0.717) is 18.7 Å². The van der Waals surface area contributed by atoms with Crippen molar-refractivity contribution in [2.75, 3.05) is 19.6 Å². The van der Waals surface area contributed by atoms with Gasteiger partial charge in [0, 0.05) is 31.5 Å². The molecule has 1 atom stereocenters. The van der Waals surface area contributed by atoms with Crippen molar-refractivity contribution in [2.24, 2.45) is 5.92 Å². The largest absolute Gasteiger partial charge is 0.347 e. The average Bonchev–Trinajstić information content (AvgIpc) is 2.58. The third-order valence-electron chi connectivity index (χ3n) is 4.67. The van der Waals surface area contributed by atoms with Crippen molar-refractivity contribution in [3.8, 4) is 0 Å². The van der Waals surface area contributed by atoms with Crippen molar-refractivity contribution in [3.63, 3.8) is 0 Å². The molecule has 1 N–H and O–H groups in total. The van der Waals surface area contributed by atoms with Crippen LogP contribution in [0.3, 0.4) is 0 Å². The molecule has 136 valence electrons. The normalized spacial score (nSPS) is 17.9. The van der Waals surface area contributed by atoms with Gasteiger partial charge in [-0.2, -0.15) is 0 Å². The molecule has 0 aliphatic carbocycles. The fraction of sp³-hybridized carbons (Fsp3) is 0.550. The smallest absolute Gasteiger partial charge is 0.241 e. The number of hydrogen-bond donors (Lipinski definition) is 1. The van der Waals surface area contributed by atoms with Crippen molar-refractivity contribution in [2.45, 2.75) is 46.0 Å². The molecule has 5 heteroatoms. The Labute approximate surface area is 149 Å². The van der Waals surface area contributed by atoms with Gasteiger partial charge in [0.1, 0.15) is 0 Å². The molecule has 2 amide bonds. The summed E-state index contributed by atoms with van der Waals surface area (Å²) in [7, 11) is 0. The molecule has 1 aliphatic heterocycles. The summed E-state index contributed by atoms with van der Waals surface area (Å²) in [6.45, 7) is 8.88. The number of carbonyl (C=O) groups is 3. The minimum absolute atomic E-state index is 0.00345. The van der Waals surface area contributed by atoms with Gasteiger partial charge < -0.3 is 10.2 Å². The van der Waals surface area contributed by atoms with E-state index in [1.54, 1.807) is 4.90 Å². The molecule has 5 nitrogen and oxygen atoms in total. The molecule has 1 aliphatic rings. The summed E-state index contributed by atoms with van der Waals surface area (Å²) in [4.78, 5) is 37.6. The van der Waals surface area contributed by atoms with Crippen LogP contribution in [0.2, 0.25) is 0 Å². The van der Waals surface area contributed by atoms with E-state index in [4.69, 9.17) is 0 Å². The lowest BCUT2D eigenvalue weighted by Crippen LogP contribution is -2.46. The molecule has 2 rings (SSSR count). The lowest BCUT2D eigenvalue weighted by Gasteiger charge is -2.32. The third-order valence-corrected chi connectivity index (χ3v) is 4.67. The summed E-state index contributed by atoms with van der Waals surface area (Å²) in [5, 5.41) is 2.52. The highest BCUT2D eigenvalue weighted by Crippen LogP contribution is 2.25. The molecule has 1 aromatic carbocycles. The third kappa shape index (κ3) is 5.15. The van der Waals surface area contributed by atoms with Crippen LogP contribution in [0, 0.1) is 5.92 Å². The molecule has 1 saturated heterocycles. The Morgan fingerprint density at radius 3 is 2.36 bits per heavy atom. The first kappa shape index (κ1) is 19.2. The van der Waals surface area contributed by atoms with E-state index in [9.17, 15) is 14.4 Å². The summed E-state index contributed by atoms with van der Waals surface area (Å²) in [6.07, 6.45) is 1.60. The van der Waals surface area contributed by atoms with Gasteiger partial charge in [0.2, 0.25) is 11.8 Å². The number of carbonyl (C=O) groups excluding carboxylic acids is 3. The minimum atomic E-state index is -0.225. The number of amides is 2. The van der Waals surface area contributed by atoms with Gasteiger partial charge >= 0.3 is 0 Å². The van der Waals surface area contributed by atoms with Gasteiger partial charge in [-0.25, -0.2) is 0 Å². The first-order valence-electron chi connectivity index (χ1n) is 8.85. The number of nitrogens with zero attached hydrogens (tertiary/aromatic N) is 1. The van der Waals surface area contributed by atoms with Crippen LogP contribution in [-0.4, -0.2) is 42.1 Å². The number of Topliss-reactive ketones (excluding diaryl/α,β-unsaturated/α-hetero) is 1. The Morgan fingerprint density at radius 2 is 1.80 bits per heavy atom. The zero-order valence-electron chi connectivity index (χ0n) is 15.6. The Hall–Kier alpha value is -2.17. The first-order chi connectivity index (χ1) is 11.7. The number of likely N-dealkylation sites (tertiary alicyclic amines) is 1. The van der Waals surface area contributed by atoms with Crippen LogP contribution in [0.5, 0.6) is 0 Å². The Balaban J connectivity index is 2.01. The van der Waals surface area contributed by atoms with Gasteiger partial charge in [-0.15, -0.1) is 0 Å². The standard InChI is InChI=1S/C20H28N2O3/c1-14(23)21-12-18(24)22-11-5-6-16(13-22)19(25)15-7-9-17(10-8-15)20(2,3)4/h7-10,16H,5-6,11-13H2,1-4H3,(H,21,23)/t16-/m1/s1. The second-order valence-corrected chi connectivity index (χ2v) is 7.78. The van der Waals surface area contributed by atoms with Crippen LogP contribution in [0.4, 0.5) is 0 Å². The lowest BCUT2D eigenvalue weighted by molar-refractivity contribution is -0.133. The van der Waals surface area contributed by atoms with Crippen LogP contribution in [0.25, 0.3) is 0 Å². The molecule has 0 bridgehead atoms. The first-order valence-corrected chi connectivity index (χ1v) is 8.85. The van der Waals surface area contributed by atoms with Crippen LogP contribution >= 0.6 is 0 Å². The molecule has 0 saturated carbocycles. The van der Waals surface area contributed by atoms with E-state index in [1.165, 1.54) is 12.5 Å². The monoisotopic (exact) mass is 344 g/mol. The van der Waals surface area contributed by atoms with E-state index >= 15 is 0 Å². The quantitative estimate of drug-likeness (QED) is 0.854. The second kappa shape index (κ2) is 7.81. The fourth-order valence-electron chi connectivity index (χ4n) is 3.10. The maximum absolute atomic E-state index is 12.8. The molecular weight excluding hydrogens is 316 g/mol. The number of rotatable bonds is 4. The second-order valence-electron chi connectivity index (χ2n) is 7.78. The molecule has 0 radical (unpaired) electrons. The van der Waals surface area contributed by atoms with Crippen molar-refractivity contribution >= 4 is 17.6 Å². The van der Waals surface area contributed by atoms with Crippen molar-refractivity contribution < 1.29 is 14.4 Å². The zero-order valence-corrected chi connectivity index (χ0v) is 15.6. The van der Waals surface area contributed by atoms with Gasteiger partial charge in [-0.1, -0.05) is 45.0 Å². The number of nitrogens with one attached hydrogen (secondary N) is 1. The maximum atomic E-state index is 12.8. The van der Waals surface area contributed by atoms with Crippen molar-refractivity contribution in [1.29, 1.82) is 0 Å². The number of hydrogen-bond acceptors (Lipinski definition) is 3. The lowest BCUT2D eigenvalue weighted by atomic mass is 9.85. The Kier molecular flexibility index (Phi) is 5.98. The van der Waals surface area contributed by atoms with Gasteiger partial charge in [0.15, 0.2) is 5.78 Å². The molecule has 0 aromatic heterocycles. The van der Waals surface area contributed by atoms with Crippen LogP contribution in [-0.2, 0) is 15.0 Å². The van der Waals surface area contributed by atoms with E-state index in [1.807, 2.05) is 24.3 Å². The summed E-state index contributed by atoms with van der Waals surface area (Å²) in [5.74, 6) is -0.430. The van der Waals surface area contributed by atoms with Gasteiger partial charge in [0.25, 0.3) is 0 Å². The highest BCUT2D eigenvalue weighted by molar-refractivity contribution is 5.98. The van der Waals surface area contributed by atoms with E-state index in [2.05, 4.69) is 26.1 Å². The molecule has 0 spiro atoms. The van der Waals surface area contributed by atoms with Crippen molar-refractivity contribution in [1.82, 2.24) is 10.2 Å². The van der Waals surface area contributed by atoms with Crippen molar-refractivity contribution in [3.05, 3.63) is 35.4 Å². The molecule has 1 fully saturated rings. The fourth-order valence-corrected chi connectivity index (χ4v) is 3.10. The summed E-state index contributed by atoms with van der Waals surface area (Å²) >= 11 is 0. The maximum Gasteiger partial charge on any atom is 0.241 e. The highest BCUT2D eigenvalue weighted by atomic mass is 16.2. The van der Waals surface area contributed by atoms with Crippen LogP contribution < -0.4 is 5.32 Å². The van der Waals surface area contributed by atoms with Gasteiger partial charge in [-0.05, 0) is 23.8 Å². The highest BCUT2D eigenvalue weighted by Gasteiger charge is 2.29. The molecule has 1 heterocycles. The van der Waals surface area contributed by atoms with Gasteiger partial charge in [0.05, 0.1) is 6.54 Å². The molecular formula is C20H28N2O3. The van der Waals surface area contributed by atoms with E-state index in [-0.39, 0.29) is 35.5 Å². The van der Waals surface area contributed by atoms with Gasteiger partial charge in [-0.3, -0.25) is 14.4 Å². The van der Waals surface area contributed by atoms with E-state index in [0.717, 1.165) is 12.8 Å². The minimum Gasteiger partial charge on any atom is -0.347 e. The predicted octanol–water partition coefficient (Wildman–Crippen LogP) is 2.54. The van der Waals surface area contributed by atoms with Crippen LogP contribution in [0.15, 0.2) is 24.3 Å². The Bertz CT molecular complexity index is 644. The molecule has 0 unspecified atom stereocenters. The van der Waals surface area contributed by atoms with E-state index < -0.39 is 0 Å². The summed E-state index contributed by atoms with van der Waals surface area (Å²) in [5.41, 5.74) is 1.95. The molecule has 1 aromatic rings. The SMILES string of the molecule is CC(=O)NCC(=O)N1CCC[C@@H](C(=O)c2ccc(C(C)(C)C)cc2)C1. The zero-order chi connectivity index (χ0) is 18.6. The topological polar surface area (TPSA) is 66.5 Å².